The highest BCUT2D eigenvalue weighted by molar-refractivity contribution is 7.99. The Bertz CT molecular complexity index is 89.3. The van der Waals surface area contributed by atoms with Gasteiger partial charge in [-0.3, -0.25) is 0 Å². The lowest BCUT2D eigenvalue weighted by Gasteiger charge is -2.00. The SMILES string of the molecule is C=C(CS)CSCCCC. The largest absolute Gasteiger partial charge is 0.175 e. The lowest BCUT2D eigenvalue weighted by molar-refractivity contribution is 0.896. The molecule has 0 aromatic carbocycles. The van der Waals surface area contributed by atoms with Gasteiger partial charge in [0.1, 0.15) is 0 Å². The molecule has 0 aliphatic heterocycles. The van der Waals surface area contributed by atoms with Crippen LogP contribution in [0.2, 0.25) is 0 Å². The Morgan fingerprint density at radius 2 is 2.30 bits per heavy atom. The van der Waals surface area contributed by atoms with Crippen LogP contribution in [-0.4, -0.2) is 17.3 Å². The Balaban J connectivity index is 2.96. The van der Waals surface area contributed by atoms with Crippen LogP contribution in [0.5, 0.6) is 0 Å². The van der Waals surface area contributed by atoms with Crippen LogP contribution in [0, 0.1) is 0 Å². The average Bonchev–Trinajstić information content (AvgIpc) is 1.98. The topological polar surface area (TPSA) is 0 Å². The Labute approximate surface area is 73.9 Å². The molecule has 0 amide bonds. The molecular formula is C8H16S2. The van der Waals surface area contributed by atoms with Crippen LogP contribution in [0.15, 0.2) is 12.2 Å². The molecule has 0 nitrogen and oxygen atoms in total. The summed E-state index contributed by atoms with van der Waals surface area (Å²) in [6.45, 7) is 6.09. The summed E-state index contributed by atoms with van der Waals surface area (Å²) in [6.07, 6.45) is 2.62. The first-order valence-electron chi connectivity index (χ1n) is 3.66. The molecule has 0 aliphatic rings. The normalized spacial score (nSPS) is 9.80. The van der Waals surface area contributed by atoms with E-state index in [0.29, 0.717) is 0 Å². The maximum absolute atomic E-state index is 4.13. The monoisotopic (exact) mass is 176 g/mol. The predicted molar refractivity (Wildman–Crippen MR) is 55.2 cm³/mol. The highest BCUT2D eigenvalue weighted by atomic mass is 32.2. The van der Waals surface area contributed by atoms with Gasteiger partial charge in [0, 0.05) is 11.5 Å². The van der Waals surface area contributed by atoms with Gasteiger partial charge in [0.05, 0.1) is 0 Å². The molecule has 0 heterocycles. The predicted octanol–water partition coefficient (Wildman–Crippen LogP) is 3.01. The first-order valence-corrected chi connectivity index (χ1v) is 5.45. The molecule has 0 rings (SSSR count). The second kappa shape index (κ2) is 7.55. The summed E-state index contributed by atoms with van der Waals surface area (Å²) in [6, 6.07) is 0. The van der Waals surface area contributed by atoms with Crippen LogP contribution in [0.25, 0.3) is 0 Å². The summed E-state index contributed by atoms with van der Waals surface area (Å²) in [7, 11) is 0. The van der Waals surface area contributed by atoms with Crippen molar-refractivity contribution in [2.45, 2.75) is 19.8 Å². The van der Waals surface area contributed by atoms with E-state index in [1.165, 1.54) is 24.2 Å². The first kappa shape index (κ1) is 10.4. The second-order valence-corrected chi connectivity index (χ2v) is 3.74. The van der Waals surface area contributed by atoms with Gasteiger partial charge in [-0.2, -0.15) is 24.4 Å². The lowest BCUT2D eigenvalue weighted by atomic mass is 10.4. The number of hydrogen-bond donors (Lipinski definition) is 1. The van der Waals surface area contributed by atoms with Crippen molar-refractivity contribution in [2.75, 3.05) is 17.3 Å². The van der Waals surface area contributed by atoms with Gasteiger partial charge in [0.25, 0.3) is 0 Å². The maximum atomic E-state index is 4.13. The number of unbranched alkanes of at least 4 members (excludes halogenated alkanes) is 1. The molecule has 60 valence electrons. The van der Waals surface area contributed by atoms with Crippen LogP contribution in [-0.2, 0) is 0 Å². The Hall–Kier alpha value is 0.440. The van der Waals surface area contributed by atoms with Crippen molar-refractivity contribution >= 4 is 24.4 Å². The summed E-state index contributed by atoms with van der Waals surface area (Å²) in [5, 5.41) is 0. The molecule has 0 radical (unpaired) electrons. The molecule has 0 N–H and O–H groups in total. The van der Waals surface area contributed by atoms with Crippen LogP contribution in [0.1, 0.15) is 19.8 Å². The fourth-order valence-electron chi connectivity index (χ4n) is 0.509. The quantitative estimate of drug-likeness (QED) is 0.369. The Morgan fingerprint density at radius 1 is 1.60 bits per heavy atom. The van der Waals surface area contributed by atoms with Crippen molar-refractivity contribution in [1.82, 2.24) is 0 Å². The molecule has 0 aliphatic carbocycles. The molecule has 0 aromatic heterocycles. The van der Waals surface area contributed by atoms with E-state index in [9.17, 15) is 0 Å². The molecule has 0 aromatic rings. The molecule has 0 bridgehead atoms. The smallest absolute Gasteiger partial charge is 0.0148 e. The standard InChI is InChI=1S/C8H16S2/c1-3-4-5-10-7-8(2)6-9/h9H,2-7H2,1H3. The fourth-order valence-corrected chi connectivity index (χ4v) is 1.80. The molecule has 0 saturated heterocycles. The van der Waals surface area contributed by atoms with E-state index >= 15 is 0 Å². The third kappa shape index (κ3) is 6.56. The first-order chi connectivity index (χ1) is 4.81. The van der Waals surface area contributed by atoms with Gasteiger partial charge < -0.3 is 0 Å². The molecule has 10 heavy (non-hydrogen) atoms. The van der Waals surface area contributed by atoms with Crippen molar-refractivity contribution in [2.24, 2.45) is 0 Å². The number of hydrogen-bond acceptors (Lipinski definition) is 2. The molecule has 0 atom stereocenters. The zero-order valence-corrected chi connectivity index (χ0v) is 8.31. The van der Waals surface area contributed by atoms with E-state index in [1.54, 1.807) is 0 Å². The van der Waals surface area contributed by atoms with Crippen molar-refractivity contribution in [3.8, 4) is 0 Å². The van der Waals surface area contributed by atoms with Crippen LogP contribution >= 0.6 is 24.4 Å². The van der Waals surface area contributed by atoms with Gasteiger partial charge in [-0.1, -0.05) is 25.5 Å². The number of rotatable bonds is 6. The highest BCUT2D eigenvalue weighted by Crippen LogP contribution is 2.09. The van der Waals surface area contributed by atoms with Crippen molar-refractivity contribution in [3.05, 3.63) is 12.2 Å². The van der Waals surface area contributed by atoms with E-state index in [0.717, 1.165) is 11.5 Å². The summed E-state index contributed by atoms with van der Waals surface area (Å²) >= 11 is 6.09. The minimum Gasteiger partial charge on any atom is -0.175 e. The molecule has 0 saturated carbocycles. The molecule has 0 fully saturated rings. The minimum atomic E-state index is 0.832. The summed E-state index contributed by atoms with van der Waals surface area (Å²) in [5.41, 5.74) is 1.24. The zero-order chi connectivity index (χ0) is 7.82. The van der Waals surface area contributed by atoms with Gasteiger partial charge in [-0.25, -0.2) is 0 Å². The summed E-state index contributed by atoms with van der Waals surface area (Å²) < 4.78 is 0. The van der Waals surface area contributed by atoms with E-state index in [1.807, 2.05) is 11.8 Å². The zero-order valence-electron chi connectivity index (χ0n) is 6.60. The van der Waals surface area contributed by atoms with Crippen molar-refractivity contribution < 1.29 is 0 Å². The summed E-state index contributed by atoms with van der Waals surface area (Å²) in [5.74, 6) is 3.19. The lowest BCUT2D eigenvalue weighted by Crippen LogP contribution is -1.88. The number of thioether (sulfide) groups is 1. The molecule has 2 heteroatoms. The van der Waals surface area contributed by atoms with Crippen molar-refractivity contribution in [3.63, 3.8) is 0 Å². The third-order valence-electron chi connectivity index (χ3n) is 1.17. The average molecular weight is 176 g/mol. The second-order valence-electron chi connectivity index (χ2n) is 2.31. The van der Waals surface area contributed by atoms with Crippen LogP contribution in [0.3, 0.4) is 0 Å². The minimum absolute atomic E-state index is 0.832. The highest BCUT2D eigenvalue weighted by Gasteiger charge is 1.90. The molecular weight excluding hydrogens is 160 g/mol. The third-order valence-corrected chi connectivity index (χ3v) is 2.81. The number of thiol groups is 1. The van der Waals surface area contributed by atoms with Gasteiger partial charge in [-0.15, -0.1) is 0 Å². The van der Waals surface area contributed by atoms with E-state index in [-0.39, 0.29) is 0 Å². The van der Waals surface area contributed by atoms with Crippen molar-refractivity contribution in [1.29, 1.82) is 0 Å². The summed E-state index contributed by atoms with van der Waals surface area (Å²) in [4.78, 5) is 0. The van der Waals surface area contributed by atoms with Gasteiger partial charge in [0.15, 0.2) is 0 Å². The Kier molecular flexibility index (Phi) is 7.88. The van der Waals surface area contributed by atoms with E-state index < -0.39 is 0 Å². The molecule has 0 unspecified atom stereocenters. The van der Waals surface area contributed by atoms with Gasteiger partial charge in [-0.05, 0) is 12.2 Å². The van der Waals surface area contributed by atoms with Crippen LogP contribution in [0.4, 0.5) is 0 Å². The van der Waals surface area contributed by atoms with E-state index in [2.05, 4.69) is 26.1 Å². The molecule has 0 spiro atoms. The van der Waals surface area contributed by atoms with E-state index in [4.69, 9.17) is 0 Å². The Morgan fingerprint density at radius 3 is 2.80 bits per heavy atom. The maximum Gasteiger partial charge on any atom is 0.0148 e. The van der Waals surface area contributed by atoms with Gasteiger partial charge >= 0.3 is 0 Å². The fraction of sp³-hybridized carbons (Fsp3) is 0.750. The van der Waals surface area contributed by atoms with Crippen LogP contribution < -0.4 is 0 Å². The van der Waals surface area contributed by atoms with Gasteiger partial charge in [0.2, 0.25) is 0 Å².